The van der Waals surface area contributed by atoms with E-state index in [1.165, 1.54) is 0 Å². The monoisotopic (exact) mass is 108 g/mol. The van der Waals surface area contributed by atoms with Crippen LogP contribution >= 0.6 is 19.9 Å². The van der Waals surface area contributed by atoms with E-state index < -0.39 is 8.15 Å². The average Bonchev–Trinajstić information content (AvgIpc) is 1.30. The fourth-order valence-electron chi connectivity index (χ4n) is 0.173. The quantitative estimate of drug-likeness (QED) is 0.468. The zero-order valence-electron chi connectivity index (χ0n) is 2.72. The molecule has 1 fully saturated rings. The van der Waals surface area contributed by atoms with Crippen LogP contribution in [0.5, 0.6) is 0 Å². The number of hydrogen-bond acceptors (Lipinski definition) is 2. The summed E-state index contributed by atoms with van der Waals surface area (Å²) >= 11 is 1.82. The summed E-state index contributed by atoms with van der Waals surface area (Å²) in [5.74, 6) is 0. The van der Waals surface area contributed by atoms with Crippen LogP contribution in [0.25, 0.3) is 0 Å². The first-order valence-corrected chi connectivity index (χ1v) is 4.23. The van der Waals surface area contributed by atoms with Gasteiger partial charge in [0, 0.05) is 19.1 Å². The van der Waals surface area contributed by atoms with Gasteiger partial charge in [-0.05, 0) is 0 Å². The van der Waals surface area contributed by atoms with Crippen LogP contribution in [0.15, 0.2) is 0 Å². The first-order valence-electron chi connectivity index (χ1n) is 1.41. The number of thioether (sulfide) groups is 1. The molecule has 1 rings (SSSR count). The smallest absolute Gasteiger partial charge is 0.0454 e. The summed E-state index contributed by atoms with van der Waals surface area (Å²) in [5.41, 5.74) is 2.05. The van der Waals surface area contributed by atoms with Crippen LogP contribution in [0, 0.1) is 0 Å². The van der Waals surface area contributed by atoms with Gasteiger partial charge in [-0.25, -0.2) is 0 Å². The van der Waals surface area contributed by atoms with Crippen LogP contribution in [0.2, 0.25) is 0 Å². The van der Waals surface area contributed by atoms with Crippen molar-refractivity contribution in [2.24, 2.45) is 0 Å². The summed E-state index contributed by atoms with van der Waals surface area (Å²) < 4.78 is 0. The normalized spacial score (nSPS) is 25.8. The lowest BCUT2D eigenvalue weighted by Crippen LogP contribution is -1.91. The molecule has 1 heterocycles. The highest BCUT2D eigenvalue weighted by atomic mass is 32.2. The molecule has 0 aliphatic carbocycles. The highest BCUT2D eigenvalue weighted by Crippen LogP contribution is 2.48. The van der Waals surface area contributed by atoms with E-state index in [0.717, 1.165) is 11.0 Å². The van der Waals surface area contributed by atoms with Crippen molar-refractivity contribution >= 4 is 19.9 Å². The Labute approximate surface area is 36.6 Å². The third kappa shape index (κ3) is 0.783. The lowest BCUT2D eigenvalue weighted by Gasteiger charge is -2.16. The Morgan fingerprint density at radius 2 is 2.00 bits per heavy atom. The van der Waals surface area contributed by atoms with Gasteiger partial charge in [-0.15, -0.1) is 11.8 Å². The number of rotatable bonds is 0. The molecule has 0 aromatic heterocycles. The largest absolute Gasteiger partial charge is 0.372 e. The Bertz CT molecular complexity index is 36.6. The summed E-state index contributed by atoms with van der Waals surface area (Å²) in [7, 11) is -0.455. The number of hydrogen-bond donors (Lipinski definition) is 1. The third-order valence-electron chi connectivity index (χ3n) is 0.481. The van der Waals surface area contributed by atoms with Crippen molar-refractivity contribution in [2.75, 3.05) is 11.0 Å². The van der Waals surface area contributed by atoms with Crippen LogP contribution in [-0.2, 0) is 0 Å². The zero-order chi connectivity index (χ0) is 3.70. The molecule has 30 valence electrons. The predicted molar refractivity (Wildman–Crippen MR) is 26.5 cm³/mol. The lowest BCUT2D eigenvalue weighted by molar-refractivity contribution is 0.632. The van der Waals surface area contributed by atoms with E-state index in [0.29, 0.717) is 0 Å². The van der Waals surface area contributed by atoms with Crippen LogP contribution in [0.4, 0.5) is 0 Å². The zero-order valence-corrected chi connectivity index (χ0v) is 4.43. The topological polar surface area (TPSA) is 20.2 Å². The molecule has 1 aliphatic rings. The molecule has 0 aromatic carbocycles. The first-order chi connectivity index (χ1) is 2.39. The third-order valence-corrected chi connectivity index (χ3v) is 4.33. The summed E-state index contributed by atoms with van der Waals surface area (Å²) in [6, 6.07) is 0. The van der Waals surface area contributed by atoms with Crippen LogP contribution < -0.4 is 0 Å². The summed E-state index contributed by atoms with van der Waals surface area (Å²) in [5, 5.41) is 0. The molecule has 3 heteroatoms. The molecule has 5 heavy (non-hydrogen) atoms. The van der Waals surface area contributed by atoms with Gasteiger partial charge in [0.1, 0.15) is 0 Å². The Hall–Kier alpha value is 0.740. The van der Waals surface area contributed by atoms with E-state index in [2.05, 4.69) is 0 Å². The molecule has 1 aliphatic heterocycles. The van der Waals surface area contributed by atoms with Gasteiger partial charge >= 0.3 is 0 Å². The van der Waals surface area contributed by atoms with E-state index in [4.69, 9.17) is 4.89 Å². The van der Waals surface area contributed by atoms with Gasteiger partial charge in [0.05, 0.1) is 0 Å². The molecular formula is C2H5OPS. The van der Waals surface area contributed by atoms with Crippen molar-refractivity contribution in [1.29, 1.82) is 0 Å². The van der Waals surface area contributed by atoms with Crippen LogP contribution in [0.1, 0.15) is 0 Å². The maximum Gasteiger partial charge on any atom is 0.0454 e. The van der Waals surface area contributed by atoms with Crippen LogP contribution in [-0.4, -0.2) is 15.9 Å². The maximum absolute atomic E-state index is 8.49. The summed E-state index contributed by atoms with van der Waals surface area (Å²) in [4.78, 5) is 8.49. The van der Waals surface area contributed by atoms with E-state index in [1.807, 2.05) is 11.8 Å². The van der Waals surface area contributed by atoms with Gasteiger partial charge in [0.25, 0.3) is 0 Å². The molecule has 0 radical (unpaired) electrons. The SMILES string of the molecule is OP1CSC1. The average molecular weight is 108 g/mol. The molecule has 0 bridgehead atoms. The fraction of sp³-hybridized carbons (Fsp3) is 1.00. The molecule has 0 spiro atoms. The minimum Gasteiger partial charge on any atom is -0.372 e. The van der Waals surface area contributed by atoms with Gasteiger partial charge in [-0.1, -0.05) is 0 Å². The van der Waals surface area contributed by atoms with Crippen molar-refractivity contribution in [3.63, 3.8) is 0 Å². The molecule has 1 N–H and O–H groups in total. The van der Waals surface area contributed by atoms with Gasteiger partial charge in [0.2, 0.25) is 0 Å². The van der Waals surface area contributed by atoms with E-state index in [1.54, 1.807) is 0 Å². The minimum atomic E-state index is -0.455. The highest BCUT2D eigenvalue weighted by Gasteiger charge is 2.12. The second kappa shape index (κ2) is 1.46. The fourth-order valence-corrected chi connectivity index (χ4v) is 1.56. The minimum absolute atomic E-state index is 0.455. The summed E-state index contributed by atoms with van der Waals surface area (Å²) in [6.45, 7) is 0. The molecule has 0 unspecified atom stereocenters. The van der Waals surface area contributed by atoms with Gasteiger partial charge < -0.3 is 4.89 Å². The van der Waals surface area contributed by atoms with Gasteiger partial charge in [-0.2, -0.15) is 0 Å². The van der Waals surface area contributed by atoms with E-state index >= 15 is 0 Å². The molecule has 1 nitrogen and oxygen atoms in total. The molecule has 0 atom stereocenters. The molecule has 0 aromatic rings. The highest BCUT2D eigenvalue weighted by molar-refractivity contribution is 8.15. The Morgan fingerprint density at radius 3 is 2.00 bits per heavy atom. The van der Waals surface area contributed by atoms with Gasteiger partial charge in [-0.3, -0.25) is 0 Å². The second-order valence-electron chi connectivity index (χ2n) is 0.969. The van der Waals surface area contributed by atoms with Crippen molar-refractivity contribution in [2.45, 2.75) is 0 Å². The molecule has 0 saturated carbocycles. The second-order valence-corrected chi connectivity index (χ2v) is 4.46. The Morgan fingerprint density at radius 1 is 1.60 bits per heavy atom. The molecular weight excluding hydrogens is 103 g/mol. The molecule has 1 saturated heterocycles. The van der Waals surface area contributed by atoms with Crippen molar-refractivity contribution < 1.29 is 4.89 Å². The first kappa shape index (κ1) is 3.91. The van der Waals surface area contributed by atoms with Crippen molar-refractivity contribution in [3.05, 3.63) is 0 Å². The van der Waals surface area contributed by atoms with Crippen molar-refractivity contribution in [3.8, 4) is 0 Å². The Balaban J connectivity index is 2.08. The van der Waals surface area contributed by atoms with E-state index in [-0.39, 0.29) is 0 Å². The lowest BCUT2D eigenvalue weighted by atomic mass is 11.8. The molecule has 0 amide bonds. The standard InChI is InChI=1S/C2H5OPS/c3-4-1-5-2-4/h3H,1-2H2. The maximum atomic E-state index is 8.49. The van der Waals surface area contributed by atoms with E-state index in [9.17, 15) is 0 Å². The van der Waals surface area contributed by atoms with Gasteiger partial charge in [0.15, 0.2) is 0 Å². The van der Waals surface area contributed by atoms with Crippen LogP contribution in [0.3, 0.4) is 0 Å². The Kier molecular flexibility index (Phi) is 1.14. The summed E-state index contributed by atoms with van der Waals surface area (Å²) in [6.07, 6.45) is 0. The predicted octanol–water partition coefficient (Wildman–Crippen LogP) is 1.04. The van der Waals surface area contributed by atoms with Crippen molar-refractivity contribution in [1.82, 2.24) is 0 Å².